The normalized spacial score (nSPS) is 27.2. The Labute approximate surface area is 128 Å². The quantitative estimate of drug-likeness (QED) is 0.902. The van der Waals surface area contributed by atoms with Gasteiger partial charge in [0.15, 0.2) is 15.8 Å². The molecule has 8 heteroatoms. The van der Waals surface area contributed by atoms with Crippen LogP contribution in [-0.2, 0) is 10.0 Å². The second kappa shape index (κ2) is 5.26. The van der Waals surface area contributed by atoms with Gasteiger partial charge in [-0.05, 0) is 31.1 Å². The molecule has 3 unspecified atom stereocenters. The summed E-state index contributed by atoms with van der Waals surface area (Å²) in [5.41, 5.74) is 5.80. The number of thiazole rings is 1. The van der Waals surface area contributed by atoms with Crippen LogP contribution >= 0.6 is 11.3 Å². The molecule has 0 amide bonds. The van der Waals surface area contributed by atoms with Gasteiger partial charge in [-0.3, -0.25) is 4.40 Å². The zero-order valence-electron chi connectivity index (χ0n) is 12.1. The van der Waals surface area contributed by atoms with Gasteiger partial charge in [-0.25, -0.2) is 18.1 Å². The lowest BCUT2D eigenvalue weighted by Gasteiger charge is -2.32. The smallest absolute Gasteiger partial charge is 0.260 e. The number of nitrogen functional groups attached to an aromatic ring is 1. The molecule has 2 aromatic heterocycles. The Kier molecular flexibility index (Phi) is 3.71. The van der Waals surface area contributed by atoms with Crippen LogP contribution in [-0.4, -0.2) is 23.8 Å². The van der Waals surface area contributed by atoms with E-state index in [9.17, 15) is 8.42 Å². The number of nitrogens with two attached hydrogens (primary N) is 1. The summed E-state index contributed by atoms with van der Waals surface area (Å²) in [4.78, 5) is 4.70. The first-order chi connectivity index (χ1) is 9.88. The molecule has 1 aliphatic rings. The molecule has 0 aromatic carbocycles. The first kappa shape index (κ1) is 14.8. The van der Waals surface area contributed by atoms with Crippen LogP contribution < -0.4 is 10.5 Å². The van der Waals surface area contributed by atoms with Crippen LogP contribution in [0.25, 0.3) is 4.96 Å². The van der Waals surface area contributed by atoms with Crippen molar-refractivity contribution in [2.24, 2.45) is 11.8 Å². The van der Waals surface area contributed by atoms with E-state index >= 15 is 0 Å². The lowest BCUT2D eigenvalue weighted by Crippen LogP contribution is -2.42. The Morgan fingerprint density at radius 2 is 2.19 bits per heavy atom. The number of imidazole rings is 1. The van der Waals surface area contributed by atoms with E-state index in [2.05, 4.69) is 23.6 Å². The van der Waals surface area contributed by atoms with Crippen LogP contribution in [0.15, 0.2) is 16.6 Å². The topological polar surface area (TPSA) is 89.5 Å². The molecular weight excluding hydrogens is 308 g/mol. The third-order valence-electron chi connectivity index (χ3n) is 4.24. The number of hydrogen-bond donors (Lipinski definition) is 2. The van der Waals surface area contributed by atoms with E-state index in [0.717, 1.165) is 19.3 Å². The number of nitrogens with zero attached hydrogens (tertiary/aromatic N) is 2. The van der Waals surface area contributed by atoms with E-state index in [1.807, 2.05) is 0 Å². The summed E-state index contributed by atoms with van der Waals surface area (Å²) >= 11 is 1.36. The van der Waals surface area contributed by atoms with Gasteiger partial charge >= 0.3 is 0 Å². The summed E-state index contributed by atoms with van der Waals surface area (Å²) in [5, 5.41) is 1.86. The van der Waals surface area contributed by atoms with Crippen molar-refractivity contribution in [2.45, 2.75) is 44.2 Å². The minimum absolute atomic E-state index is 0.0326. The molecule has 0 bridgehead atoms. The maximum Gasteiger partial charge on any atom is 0.260 e. The fraction of sp³-hybridized carbons (Fsp3) is 0.615. The number of hydrogen-bond acceptors (Lipinski definition) is 5. The average molecular weight is 328 g/mol. The van der Waals surface area contributed by atoms with E-state index in [1.165, 1.54) is 11.3 Å². The molecule has 6 nitrogen and oxygen atoms in total. The summed E-state index contributed by atoms with van der Waals surface area (Å²) in [6.45, 7) is 4.31. The Bertz CT molecular complexity index is 749. The standard InChI is InChI=1S/C13H20N4O2S2/c1-8-3-4-10(9(2)7-8)16-21(18,19)12-11(14)15-13-17(12)5-6-20-13/h5-6,8-10,16H,3-4,7,14H2,1-2H3. The zero-order chi connectivity index (χ0) is 15.2. The van der Waals surface area contributed by atoms with Crippen molar-refractivity contribution in [1.82, 2.24) is 14.1 Å². The van der Waals surface area contributed by atoms with Gasteiger partial charge in [0.05, 0.1) is 0 Å². The van der Waals surface area contributed by atoms with E-state index in [-0.39, 0.29) is 16.9 Å². The maximum absolute atomic E-state index is 12.7. The highest BCUT2D eigenvalue weighted by molar-refractivity contribution is 7.89. The number of aromatic nitrogens is 2. The molecule has 0 aliphatic heterocycles. The molecule has 3 N–H and O–H groups in total. The van der Waals surface area contributed by atoms with Gasteiger partial charge in [-0.2, -0.15) is 0 Å². The van der Waals surface area contributed by atoms with Crippen LogP contribution in [0.3, 0.4) is 0 Å². The lowest BCUT2D eigenvalue weighted by molar-refractivity contribution is 0.249. The van der Waals surface area contributed by atoms with Crippen molar-refractivity contribution in [3.05, 3.63) is 11.6 Å². The second-order valence-electron chi connectivity index (χ2n) is 5.98. The molecule has 3 rings (SSSR count). The average Bonchev–Trinajstić information content (AvgIpc) is 2.91. The molecule has 1 saturated carbocycles. The van der Waals surface area contributed by atoms with Crippen molar-refractivity contribution in [2.75, 3.05) is 5.73 Å². The highest BCUT2D eigenvalue weighted by atomic mass is 32.2. The van der Waals surface area contributed by atoms with Gasteiger partial charge in [0.2, 0.25) is 0 Å². The summed E-state index contributed by atoms with van der Waals surface area (Å²) in [6, 6.07) is -0.0326. The highest BCUT2D eigenvalue weighted by Gasteiger charge is 2.32. The Morgan fingerprint density at radius 1 is 1.43 bits per heavy atom. The first-order valence-electron chi connectivity index (χ1n) is 7.12. The van der Waals surface area contributed by atoms with Crippen molar-refractivity contribution in [1.29, 1.82) is 0 Å². The van der Waals surface area contributed by atoms with E-state index < -0.39 is 10.0 Å². The van der Waals surface area contributed by atoms with Gasteiger partial charge in [0.1, 0.15) is 0 Å². The largest absolute Gasteiger partial charge is 0.381 e. The van der Waals surface area contributed by atoms with Crippen molar-refractivity contribution in [3.8, 4) is 0 Å². The fourth-order valence-corrected chi connectivity index (χ4v) is 5.51. The van der Waals surface area contributed by atoms with Gasteiger partial charge in [-0.1, -0.05) is 13.8 Å². The van der Waals surface area contributed by atoms with Crippen molar-refractivity contribution >= 4 is 32.1 Å². The molecule has 1 fully saturated rings. The second-order valence-corrected chi connectivity index (χ2v) is 8.48. The molecule has 2 aromatic rings. The van der Waals surface area contributed by atoms with Crippen LogP contribution in [0.2, 0.25) is 0 Å². The summed E-state index contributed by atoms with van der Waals surface area (Å²) in [6.07, 6.45) is 4.65. The van der Waals surface area contributed by atoms with E-state index in [4.69, 9.17) is 5.73 Å². The summed E-state index contributed by atoms with van der Waals surface area (Å²) < 4.78 is 29.7. The predicted octanol–water partition coefficient (Wildman–Crippen LogP) is 2.08. The Balaban J connectivity index is 1.90. The van der Waals surface area contributed by atoms with Gasteiger partial charge in [0, 0.05) is 17.6 Å². The van der Waals surface area contributed by atoms with E-state index in [1.54, 1.807) is 16.0 Å². The lowest BCUT2D eigenvalue weighted by atomic mass is 9.80. The third kappa shape index (κ3) is 2.67. The number of sulfonamides is 1. The van der Waals surface area contributed by atoms with Crippen molar-refractivity contribution in [3.63, 3.8) is 0 Å². The highest BCUT2D eigenvalue weighted by Crippen LogP contribution is 2.30. The minimum Gasteiger partial charge on any atom is -0.381 e. The monoisotopic (exact) mass is 328 g/mol. The predicted molar refractivity (Wildman–Crippen MR) is 83.8 cm³/mol. The van der Waals surface area contributed by atoms with E-state index in [0.29, 0.717) is 16.8 Å². The maximum atomic E-state index is 12.7. The molecule has 3 atom stereocenters. The molecule has 116 valence electrons. The summed E-state index contributed by atoms with van der Waals surface area (Å²) in [5.74, 6) is 1.05. The molecule has 0 saturated heterocycles. The molecule has 0 radical (unpaired) electrons. The summed E-state index contributed by atoms with van der Waals surface area (Å²) in [7, 11) is -3.66. The van der Waals surface area contributed by atoms with Gasteiger partial charge in [-0.15, -0.1) is 11.3 Å². The Hall–Kier alpha value is -1.12. The number of nitrogens with one attached hydrogen (secondary N) is 1. The van der Waals surface area contributed by atoms with Crippen LogP contribution in [0.5, 0.6) is 0 Å². The van der Waals surface area contributed by atoms with Gasteiger partial charge in [0.25, 0.3) is 10.0 Å². The van der Waals surface area contributed by atoms with Crippen LogP contribution in [0.1, 0.15) is 33.1 Å². The molecule has 1 aliphatic carbocycles. The number of rotatable bonds is 3. The first-order valence-corrected chi connectivity index (χ1v) is 9.48. The molecule has 0 spiro atoms. The van der Waals surface area contributed by atoms with Crippen molar-refractivity contribution < 1.29 is 8.42 Å². The SMILES string of the molecule is CC1CCC(NS(=O)(=O)c2c(N)nc3sccn23)C(C)C1. The number of anilines is 1. The van der Waals surface area contributed by atoms with Crippen LogP contribution in [0.4, 0.5) is 5.82 Å². The van der Waals surface area contributed by atoms with Crippen LogP contribution in [0, 0.1) is 11.8 Å². The minimum atomic E-state index is -3.66. The number of fused-ring (bicyclic) bond motifs is 1. The van der Waals surface area contributed by atoms with Gasteiger partial charge < -0.3 is 5.73 Å². The molecule has 2 heterocycles. The Morgan fingerprint density at radius 3 is 2.90 bits per heavy atom. The third-order valence-corrected chi connectivity index (χ3v) is 6.52. The molecular formula is C13H20N4O2S2. The zero-order valence-corrected chi connectivity index (χ0v) is 13.7. The molecule has 21 heavy (non-hydrogen) atoms. The fourth-order valence-electron chi connectivity index (χ4n) is 3.14.